The first-order valence-corrected chi connectivity index (χ1v) is 7.04. The largest absolute Gasteiger partial charge is 0.478 e. The summed E-state index contributed by atoms with van der Waals surface area (Å²) in [4.78, 5) is 11.0. The van der Waals surface area contributed by atoms with Crippen LogP contribution in [0.4, 0.5) is 0 Å². The van der Waals surface area contributed by atoms with Crippen LogP contribution in [0.15, 0.2) is 24.4 Å². The molecule has 5 heteroatoms. The lowest BCUT2D eigenvalue weighted by Crippen LogP contribution is -2.24. The van der Waals surface area contributed by atoms with Crippen molar-refractivity contribution < 1.29 is 14.6 Å². The van der Waals surface area contributed by atoms with Crippen LogP contribution >= 0.6 is 0 Å². The van der Waals surface area contributed by atoms with Gasteiger partial charge in [-0.1, -0.05) is 6.07 Å². The molecule has 110 valence electrons. The maximum Gasteiger partial charge on any atom is 0.345 e. The van der Waals surface area contributed by atoms with Gasteiger partial charge in [0, 0.05) is 24.2 Å². The van der Waals surface area contributed by atoms with E-state index < -0.39 is 12.1 Å². The van der Waals surface area contributed by atoms with Crippen LogP contribution in [-0.2, 0) is 11.2 Å². The number of carboxylic acids is 1. The number of fused-ring (bicyclic) bond motifs is 1. The maximum atomic E-state index is 11.0. The second-order valence-corrected chi connectivity index (χ2v) is 5.67. The molecule has 0 radical (unpaired) electrons. The molecule has 0 saturated heterocycles. The number of aromatic nitrogens is 2. The molecule has 1 aromatic carbocycles. The number of ether oxygens (including phenoxy) is 1. The molecule has 3 rings (SSSR count). The van der Waals surface area contributed by atoms with Gasteiger partial charge in [0.1, 0.15) is 5.75 Å². The van der Waals surface area contributed by atoms with E-state index in [4.69, 9.17) is 9.84 Å². The molecule has 2 aromatic rings. The smallest absolute Gasteiger partial charge is 0.345 e. The molecule has 2 heterocycles. The van der Waals surface area contributed by atoms with Gasteiger partial charge in [0.05, 0.1) is 5.69 Å². The van der Waals surface area contributed by atoms with Crippen LogP contribution in [-0.4, -0.2) is 27.0 Å². The minimum absolute atomic E-state index is 0.312. The molecule has 0 bridgehead atoms. The fraction of sp³-hybridized carbons (Fsp3) is 0.375. The van der Waals surface area contributed by atoms with Crippen molar-refractivity contribution in [2.45, 2.75) is 39.3 Å². The highest BCUT2D eigenvalue weighted by Gasteiger charge is 2.29. The van der Waals surface area contributed by atoms with E-state index in [-0.39, 0.29) is 0 Å². The van der Waals surface area contributed by atoms with Gasteiger partial charge in [0.2, 0.25) is 0 Å². The first-order valence-electron chi connectivity index (χ1n) is 7.04. The SMILES string of the molecule is Cc1nn(C(C)C)cc1-c1ccc2c(c1)CC(C(=O)O)O2. The monoisotopic (exact) mass is 286 g/mol. The van der Waals surface area contributed by atoms with Crippen molar-refractivity contribution in [3.63, 3.8) is 0 Å². The Morgan fingerprint density at radius 2 is 2.24 bits per heavy atom. The van der Waals surface area contributed by atoms with Crippen molar-refractivity contribution >= 4 is 5.97 Å². The van der Waals surface area contributed by atoms with E-state index in [1.54, 1.807) is 0 Å². The van der Waals surface area contributed by atoms with Crippen molar-refractivity contribution in [1.29, 1.82) is 0 Å². The first-order chi connectivity index (χ1) is 9.95. The molecular weight excluding hydrogens is 268 g/mol. The molecule has 0 fully saturated rings. The average molecular weight is 286 g/mol. The Morgan fingerprint density at radius 3 is 2.86 bits per heavy atom. The standard InChI is InChI=1S/C16H18N2O3/c1-9(2)18-8-13(10(3)17-18)11-4-5-14-12(6-11)7-15(21-14)16(19)20/h4-6,8-9,15H,7H2,1-3H3,(H,19,20). The lowest BCUT2D eigenvalue weighted by Gasteiger charge is -2.04. The summed E-state index contributed by atoms with van der Waals surface area (Å²) in [5, 5.41) is 13.6. The van der Waals surface area contributed by atoms with E-state index in [1.807, 2.05) is 36.0 Å². The van der Waals surface area contributed by atoms with Crippen LogP contribution in [0.3, 0.4) is 0 Å². The number of carbonyl (C=O) groups is 1. The predicted molar refractivity (Wildman–Crippen MR) is 78.5 cm³/mol. The zero-order valence-corrected chi connectivity index (χ0v) is 12.3. The summed E-state index contributed by atoms with van der Waals surface area (Å²) in [6, 6.07) is 6.12. The third kappa shape index (κ3) is 2.39. The summed E-state index contributed by atoms with van der Waals surface area (Å²) in [6.07, 6.45) is 1.68. The van der Waals surface area contributed by atoms with Gasteiger partial charge >= 0.3 is 5.97 Å². The number of benzene rings is 1. The molecule has 1 aliphatic rings. The molecule has 5 nitrogen and oxygen atoms in total. The summed E-state index contributed by atoms with van der Waals surface area (Å²) >= 11 is 0. The van der Waals surface area contributed by atoms with Crippen molar-refractivity contribution in [3.05, 3.63) is 35.7 Å². The minimum Gasteiger partial charge on any atom is -0.478 e. The van der Waals surface area contributed by atoms with Crippen molar-refractivity contribution in [2.75, 3.05) is 0 Å². The van der Waals surface area contributed by atoms with Crippen molar-refractivity contribution in [2.24, 2.45) is 0 Å². The molecule has 0 saturated carbocycles. The average Bonchev–Trinajstić information content (AvgIpc) is 3.01. The van der Waals surface area contributed by atoms with Crippen LogP contribution in [0.2, 0.25) is 0 Å². The fourth-order valence-electron chi connectivity index (χ4n) is 2.58. The van der Waals surface area contributed by atoms with Crippen LogP contribution in [0.1, 0.15) is 31.1 Å². The number of hydrogen-bond donors (Lipinski definition) is 1. The van der Waals surface area contributed by atoms with Gasteiger partial charge in [-0.3, -0.25) is 4.68 Å². The number of aryl methyl sites for hydroxylation is 1. The van der Waals surface area contributed by atoms with Crippen molar-refractivity contribution in [3.8, 4) is 16.9 Å². The Bertz CT molecular complexity index is 704. The molecule has 1 atom stereocenters. The number of aliphatic carboxylic acids is 1. The van der Waals surface area contributed by atoms with Gasteiger partial charge in [0.25, 0.3) is 0 Å². The molecular formula is C16H18N2O3. The summed E-state index contributed by atoms with van der Waals surface area (Å²) < 4.78 is 7.35. The van der Waals surface area contributed by atoms with Crippen LogP contribution in [0.25, 0.3) is 11.1 Å². The van der Waals surface area contributed by atoms with E-state index in [9.17, 15) is 4.79 Å². The lowest BCUT2D eigenvalue weighted by atomic mass is 10.0. The number of rotatable bonds is 3. The van der Waals surface area contributed by atoms with Gasteiger partial charge in [-0.05, 0) is 44.0 Å². The van der Waals surface area contributed by atoms with E-state index in [2.05, 4.69) is 18.9 Å². The van der Waals surface area contributed by atoms with Gasteiger partial charge in [-0.25, -0.2) is 4.79 Å². The molecule has 1 unspecified atom stereocenters. The molecule has 0 amide bonds. The van der Waals surface area contributed by atoms with Gasteiger partial charge in [0.15, 0.2) is 6.10 Å². The summed E-state index contributed by atoms with van der Waals surface area (Å²) in [7, 11) is 0. The third-order valence-corrected chi connectivity index (χ3v) is 3.77. The molecule has 1 aliphatic heterocycles. The highest BCUT2D eigenvalue weighted by molar-refractivity contribution is 5.76. The summed E-state index contributed by atoms with van der Waals surface area (Å²) in [6.45, 7) is 6.16. The summed E-state index contributed by atoms with van der Waals surface area (Å²) in [5.74, 6) is -0.253. The fourth-order valence-corrected chi connectivity index (χ4v) is 2.58. The topological polar surface area (TPSA) is 64.4 Å². The van der Waals surface area contributed by atoms with E-state index >= 15 is 0 Å². The van der Waals surface area contributed by atoms with Crippen LogP contribution in [0, 0.1) is 6.92 Å². The first kappa shape index (κ1) is 13.7. The van der Waals surface area contributed by atoms with Gasteiger partial charge in [-0.15, -0.1) is 0 Å². The Kier molecular flexibility index (Phi) is 3.20. The normalized spacial score (nSPS) is 16.9. The Hall–Kier alpha value is -2.30. The summed E-state index contributed by atoms with van der Waals surface area (Å²) in [5.41, 5.74) is 4.03. The predicted octanol–water partition coefficient (Wildman–Crippen LogP) is 2.83. The Morgan fingerprint density at radius 1 is 1.48 bits per heavy atom. The Labute approximate surface area is 123 Å². The van der Waals surface area contributed by atoms with Crippen LogP contribution < -0.4 is 4.74 Å². The highest BCUT2D eigenvalue weighted by atomic mass is 16.5. The minimum atomic E-state index is -0.920. The quantitative estimate of drug-likeness (QED) is 0.942. The zero-order chi connectivity index (χ0) is 15.1. The number of nitrogens with zero attached hydrogens (tertiary/aromatic N) is 2. The van der Waals surface area contributed by atoms with Gasteiger partial charge < -0.3 is 9.84 Å². The molecule has 1 aromatic heterocycles. The van der Waals surface area contributed by atoms with Gasteiger partial charge in [-0.2, -0.15) is 5.10 Å². The molecule has 1 N–H and O–H groups in total. The van der Waals surface area contributed by atoms with E-state index in [0.717, 1.165) is 22.4 Å². The third-order valence-electron chi connectivity index (χ3n) is 3.77. The molecule has 21 heavy (non-hydrogen) atoms. The highest BCUT2D eigenvalue weighted by Crippen LogP contribution is 2.34. The number of carboxylic acid groups (broad SMARTS) is 1. The lowest BCUT2D eigenvalue weighted by molar-refractivity contribution is -0.144. The second-order valence-electron chi connectivity index (χ2n) is 5.67. The maximum absolute atomic E-state index is 11.0. The van der Waals surface area contributed by atoms with Crippen LogP contribution in [0.5, 0.6) is 5.75 Å². The molecule has 0 spiro atoms. The zero-order valence-electron chi connectivity index (χ0n) is 12.3. The molecule has 0 aliphatic carbocycles. The second kappa shape index (κ2) is 4.91. The number of hydrogen-bond acceptors (Lipinski definition) is 3. The van der Waals surface area contributed by atoms with E-state index in [1.165, 1.54) is 0 Å². The van der Waals surface area contributed by atoms with Crippen molar-refractivity contribution in [1.82, 2.24) is 9.78 Å². The van der Waals surface area contributed by atoms with E-state index in [0.29, 0.717) is 18.2 Å². The Balaban J connectivity index is 1.96.